The van der Waals surface area contributed by atoms with Gasteiger partial charge in [-0.05, 0) is 56.2 Å². The smallest absolute Gasteiger partial charge is 0.255 e. The van der Waals surface area contributed by atoms with E-state index in [4.69, 9.17) is 22.1 Å². The fraction of sp³-hybridized carbons (Fsp3) is 0.278. The molecule has 0 saturated carbocycles. The van der Waals surface area contributed by atoms with Gasteiger partial charge in [0.2, 0.25) is 0 Å². The van der Waals surface area contributed by atoms with Gasteiger partial charge >= 0.3 is 0 Å². The van der Waals surface area contributed by atoms with E-state index in [9.17, 15) is 4.79 Å². The average Bonchev–Trinajstić information content (AvgIpc) is 2.50. The van der Waals surface area contributed by atoms with Gasteiger partial charge in [-0.2, -0.15) is 0 Å². The predicted octanol–water partition coefficient (Wildman–Crippen LogP) is 4.10. The van der Waals surface area contributed by atoms with Crippen molar-refractivity contribution >= 4 is 35.6 Å². The van der Waals surface area contributed by atoms with Crippen molar-refractivity contribution in [3.8, 4) is 5.75 Å². The van der Waals surface area contributed by atoms with Crippen LogP contribution >= 0.6 is 24.0 Å². The molecule has 0 unspecified atom stereocenters. The lowest BCUT2D eigenvalue weighted by molar-refractivity contribution is 0.0948. The third kappa shape index (κ3) is 5.95. The highest BCUT2D eigenvalue weighted by molar-refractivity contribution is 6.31. The van der Waals surface area contributed by atoms with Crippen LogP contribution in [0.25, 0.3) is 0 Å². The molecule has 24 heavy (non-hydrogen) atoms. The van der Waals surface area contributed by atoms with E-state index in [0.29, 0.717) is 22.9 Å². The average molecular weight is 369 g/mol. The minimum atomic E-state index is -0.196. The Morgan fingerprint density at radius 2 is 1.88 bits per heavy atom. The summed E-state index contributed by atoms with van der Waals surface area (Å²) < 4.78 is 5.67. The number of hydrogen-bond donors (Lipinski definition) is 2. The van der Waals surface area contributed by atoms with Crippen molar-refractivity contribution in [2.45, 2.75) is 26.4 Å². The number of amides is 1. The summed E-state index contributed by atoms with van der Waals surface area (Å²) in [6.45, 7) is 4.35. The molecule has 0 heterocycles. The summed E-state index contributed by atoms with van der Waals surface area (Å²) >= 11 is 5.99. The number of hydrogen-bond acceptors (Lipinski definition) is 3. The van der Waals surface area contributed by atoms with Gasteiger partial charge in [0.05, 0.1) is 11.7 Å². The fourth-order valence-electron chi connectivity index (χ4n) is 2.14. The van der Waals surface area contributed by atoms with E-state index in [1.165, 1.54) is 0 Å². The number of nitrogens with one attached hydrogen (secondary N) is 1. The molecule has 0 atom stereocenters. The highest BCUT2D eigenvalue weighted by atomic mass is 35.5. The van der Waals surface area contributed by atoms with Crippen LogP contribution in [0, 0.1) is 0 Å². The number of anilines is 1. The SMILES string of the molecule is CC(C)Oc1ccc(Cl)cc1C(=O)NCCc1ccc(N)cc1.Cl. The minimum absolute atomic E-state index is 0. The van der Waals surface area contributed by atoms with E-state index in [1.54, 1.807) is 18.2 Å². The Morgan fingerprint density at radius 1 is 1.21 bits per heavy atom. The number of rotatable bonds is 6. The van der Waals surface area contributed by atoms with Crippen LogP contribution in [-0.4, -0.2) is 18.6 Å². The molecular weight excluding hydrogens is 347 g/mol. The van der Waals surface area contributed by atoms with Crippen molar-refractivity contribution in [2.24, 2.45) is 0 Å². The lowest BCUT2D eigenvalue weighted by atomic mass is 10.1. The first-order valence-corrected chi connectivity index (χ1v) is 7.92. The van der Waals surface area contributed by atoms with Gasteiger partial charge in [0.15, 0.2) is 0 Å². The Hall–Kier alpha value is -1.91. The molecule has 4 nitrogen and oxygen atoms in total. The summed E-state index contributed by atoms with van der Waals surface area (Å²) in [6.07, 6.45) is 0.713. The molecule has 0 saturated heterocycles. The molecule has 0 spiro atoms. The maximum Gasteiger partial charge on any atom is 0.255 e. The van der Waals surface area contributed by atoms with E-state index >= 15 is 0 Å². The summed E-state index contributed by atoms with van der Waals surface area (Å²) in [7, 11) is 0. The van der Waals surface area contributed by atoms with Gasteiger partial charge in [-0.1, -0.05) is 23.7 Å². The van der Waals surface area contributed by atoms with Gasteiger partial charge in [-0.3, -0.25) is 4.79 Å². The monoisotopic (exact) mass is 368 g/mol. The Bertz CT molecular complexity index is 673. The molecule has 0 bridgehead atoms. The number of nitrogens with two attached hydrogens (primary N) is 1. The minimum Gasteiger partial charge on any atom is -0.490 e. The molecule has 6 heteroatoms. The van der Waals surface area contributed by atoms with Gasteiger partial charge in [0, 0.05) is 17.3 Å². The normalized spacial score (nSPS) is 10.2. The highest BCUT2D eigenvalue weighted by Crippen LogP contribution is 2.24. The predicted molar refractivity (Wildman–Crippen MR) is 101 cm³/mol. The molecule has 2 aromatic carbocycles. The second-order valence-electron chi connectivity index (χ2n) is 5.55. The van der Waals surface area contributed by atoms with Crippen LogP contribution in [0.4, 0.5) is 5.69 Å². The van der Waals surface area contributed by atoms with Crippen molar-refractivity contribution in [3.05, 3.63) is 58.6 Å². The molecule has 0 aromatic heterocycles. The maximum absolute atomic E-state index is 12.4. The number of carbonyl (C=O) groups is 1. The largest absolute Gasteiger partial charge is 0.490 e. The van der Waals surface area contributed by atoms with Crippen molar-refractivity contribution in [2.75, 3.05) is 12.3 Å². The van der Waals surface area contributed by atoms with Crippen LogP contribution in [0.15, 0.2) is 42.5 Å². The summed E-state index contributed by atoms with van der Waals surface area (Å²) in [5.74, 6) is 0.341. The molecule has 0 aliphatic rings. The first-order chi connectivity index (χ1) is 11.0. The zero-order valence-corrected chi connectivity index (χ0v) is 15.3. The second-order valence-corrected chi connectivity index (χ2v) is 5.99. The molecule has 2 rings (SSSR count). The zero-order chi connectivity index (χ0) is 16.8. The summed E-state index contributed by atoms with van der Waals surface area (Å²) in [4.78, 5) is 12.4. The van der Waals surface area contributed by atoms with Crippen LogP contribution in [-0.2, 0) is 6.42 Å². The topological polar surface area (TPSA) is 64.3 Å². The first kappa shape index (κ1) is 20.1. The van der Waals surface area contributed by atoms with Gasteiger partial charge in [-0.15, -0.1) is 12.4 Å². The summed E-state index contributed by atoms with van der Waals surface area (Å²) in [6, 6.07) is 12.7. The number of benzene rings is 2. The Kier molecular flexibility index (Phi) is 7.89. The van der Waals surface area contributed by atoms with Crippen LogP contribution in [0.3, 0.4) is 0 Å². The van der Waals surface area contributed by atoms with Crippen molar-refractivity contribution in [3.63, 3.8) is 0 Å². The Labute approximate surface area is 153 Å². The van der Waals surface area contributed by atoms with Gasteiger partial charge in [-0.25, -0.2) is 0 Å². The van der Waals surface area contributed by atoms with E-state index < -0.39 is 0 Å². The van der Waals surface area contributed by atoms with Crippen LogP contribution < -0.4 is 15.8 Å². The molecule has 1 amide bonds. The maximum atomic E-state index is 12.4. The molecule has 0 aliphatic heterocycles. The Balaban J connectivity index is 0.00000288. The van der Waals surface area contributed by atoms with E-state index in [2.05, 4.69) is 5.32 Å². The molecule has 3 N–H and O–H groups in total. The van der Waals surface area contributed by atoms with Crippen LogP contribution in [0.1, 0.15) is 29.8 Å². The van der Waals surface area contributed by atoms with E-state index in [-0.39, 0.29) is 24.4 Å². The second kappa shape index (κ2) is 9.40. The highest BCUT2D eigenvalue weighted by Gasteiger charge is 2.14. The first-order valence-electron chi connectivity index (χ1n) is 7.54. The summed E-state index contributed by atoms with van der Waals surface area (Å²) in [5.41, 5.74) is 7.95. The quantitative estimate of drug-likeness (QED) is 0.754. The lowest BCUT2D eigenvalue weighted by Gasteiger charge is -2.14. The number of carbonyl (C=O) groups excluding carboxylic acids is 1. The molecule has 0 radical (unpaired) electrons. The number of nitrogen functional groups attached to an aromatic ring is 1. The molecule has 0 aliphatic carbocycles. The fourth-order valence-corrected chi connectivity index (χ4v) is 2.31. The van der Waals surface area contributed by atoms with Crippen LogP contribution in [0.5, 0.6) is 5.75 Å². The number of ether oxygens (including phenoxy) is 1. The van der Waals surface area contributed by atoms with Gasteiger partial charge in [0.25, 0.3) is 5.91 Å². The lowest BCUT2D eigenvalue weighted by Crippen LogP contribution is -2.26. The summed E-state index contributed by atoms with van der Waals surface area (Å²) in [5, 5.41) is 3.40. The number of halogens is 2. The molecular formula is C18H22Cl2N2O2. The van der Waals surface area contributed by atoms with Crippen LogP contribution in [0.2, 0.25) is 5.02 Å². The third-order valence-electron chi connectivity index (χ3n) is 3.23. The van der Waals surface area contributed by atoms with Gasteiger partial charge in [0.1, 0.15) is 5.75 Å². The Morgan fingerprint density at radius 3 is 2.50 bits per heavy atom. The van der Waals surface area contributed by atoms with Crippen molar-refractivity contribution in [1.29, 1.82) is 0 Å². The third-order valence-corrected chi connectivity index (χ3v) is 3.46. The molecule has 130 valence electrons. The standard InChI is InChI=1S/C18H21ClN2O2.ClH/c1-12(2)23-17-8-5-14(19)11-16(17)18(22)21-10-9-13-3-6-15(20)7-4-13;/h3-8,11-12H,9-10,20H2,1-2H3,(H,21,22);1H. The zero-order valence-electron chi connectivity index (χ0n) is 13.7. The van der Waals surface area contributed by atoms with Crippen molar-refractivity contribution in [1.82, 2.24) is 5.32 Å². The molecule has 0 fully saturated rings. The van der Waals surface area contributed by atoms with Gasteiger partial charge < -0.3 is 15.8 Å². The van der Waals surface area contributed by atoms with E-state index in [1.807, 2.05) is 38.1 Å². The van der Waals surface area contributed by atoms with E-state index in [0.717, 1.165) is 17.7 Å². The molecule has 2 aromatic rings. The van der Waals surface area contributed by atoms with Crippen molar-refractivity contribution < 1.29 is 9.53 Å².